The smallest absolute Gasteiger partial charge is 0.133 e. The Kier molecular flexibility index (Phi) is 7.71. The van der Waals surface area contributed by atoms with Gasteiger partial charge in [0.05, 0.1) is 0 Å². The summed E-state index contributed by atoms with van der Waals surface area (Å²) < 4.78 is 0. The van der Waals surface area contributed by atoms with E-state index in [-0.39, 0.29) is 10.8 Å². The number of phenolic OH excluding ortho intramolecular Hbond substituents is 2. The fourth-order valence-corrected chi connectivity index (χ4v) is 8.68. The van der Waals surface area contributed by atoms with Crippen LogP contribution < -0.4 is 0 Å². The maximum Gasteiger partial charge on any atom is 0.133 e. The number of phenols is 2. The zero-order chi connectivity index (χ0) is 26.9. The molecule has 0 saturated heterocycles. The van der Waals surface area contributed by atoms with E-state index in [0.29, 0.717) is 34.9 Å². The Morgan fingerprint density at radius 1 is 0.684 bits per heavy atom. The van der Waals surface area contributed by atoms with Gasteiger partial charge in [-0.3, -0.25) is 9.59 Å². The van der Waals surface area contributed by atoms with Gasteiger partial charge in [0.2, 0.25) is 0 Å². The van der Waals surface area contributed by atoms with Gasteiger partial charge in [-0.15, -0.1) is 0 Å². The summed E-state index contributed by atoms with van der Waals surface area (Å²) in [7, 11) is 0. The van der Waals surface area contributed by atoms with Crippen molar-refractivity contribution in [3.8, 4) is 11.5 Å². The van der Waals surface area contributed by atoms with Crippen LogP contribution in [-0.2, 0) is 33.3 Å². The molecule has 4 nitrogen and oxygen atoms in total. The first-order chi connectivity index (χ1) is 18.3. The second-order valence-corrected chi connectivity index (χ2v) is 12.4. The number of carbonyl (C=O) groups is 2. The normalized spacial score (nSPS) is 30.4. The lowest BCUT2D eigenvalue weighted by Gasteiger charge is -2.43. The molecule has 0 amide bonds. The SMILES string of the molecule is CC[C@@]12CCC(=O)C[C@@H]1CCCc1cc(O)ccc12.CC[C@]12CCC(=O)C[C@H]1CCCc1cc(O)ccc12. The van der Waals surface area contributed by atoms with E-state index in [1.165, 1.54) is 22.3 Å². The number of hydrogen-bond donors (Lipinski definition) is 2. The van der Waals surface area contributed by atoms with Crippen LogP contribution in [0.15, 0.2) is 36.4 Å². The fraction of sp³-hybridized carbons (Fsp3) is 0.588. The number of aromatic hydroxyl groups is 2. The number of hydrogen-bond acceptors (Lipinski definition) is 4. The Morgan fingerprint density at radius 2 is 1.11 bits per heavy atom. The molecule has 4 aliphatic carbocycles. The van der Waals surface area contributed by atoms with Gasteiger partial charge in [0.15, 0.2) is 0 Å². The van der Waals surface area contributed by atoms with Crippen molar-refractivity contribution < 1.29 is 19.8 Å². The molecule has 4 aliphatic rings. The number of fused-ring (bicyclic) bond motifs is 6. The molecule has 0 aliphatic heterocycles. The molecule has 2 saturated carbocycles. The van der Waals surface area contributed by atoms with Crippen LogP contribution in [0.4, 0.5) is 0 Å². The molecule has 0 aromatic heterocycles. The average molecular weight is 517 g/mol. The second kappa shape index (κ2) is 10.9. The van der Waals surface area contributed by atoms with Crippen molar-refractivity contribution in [2.75, 3.05) is 0 Å². The van der Waals surface area contributed by atoms with Crippen molar-refractivity contribution in [2.24, 2.45) is 11.8 Å². The van der Waals surface area contributed by atoms with E-state index in [9.17, 15) is 19.8 Å². The van der Waals surface area contributed by atoms with E-state index in [1.54, 1.807) is 0 Å². The summed E-state index contributed by atoms with van der Waals surface area (Å²) in [4.78, 5) is 23.6. The number of ketones is 2. The lowest BCUT2D eigenvalue weighted by atomic mass is 9.60. The van der Waals surface area contributed by atoms with Crippen molar-refractivity contribution in [3.05, 3.63) is 58.7 Å². The number of carbonyl (C=O) groups excluding carboxylic acids is 2. The lowest BCUT2D eigenvalue weighted by Crippen LogP contribution is -2.40. The molecule has 0 heterocycles. The quantitative estimate of drug-likeness (QED) is 0.434. The summed E-state index contributed by atoms with van der Waals surface area (Å²) in [6.07, 6.45) is 13.8. The highest BCUT2D eigenvalue weighted by molar-refractivity contribution is 5.80. The largest absolute Gasteiger partial charge is 0.508 e. The Bertz CT molecular complexity index is 1110. The lowest BCUT2D eigenvalue weighted by molar-refractivity contribution is -0.124. The van der Waals surface area contributed by atoms with Gasteiger partial charge in [-0.05, 0) is 133 Å². The minimum atomic E-state index is 0.174. The van der Waals surface area contributed by atoms with Crippen molar-refractivity contribution in [3.63, 3.8) is 0 Å². The maximum absolute atomic E-state index is 11.8. The summed E-state index contributed by atoms with van der Waals surface area (Å²) in [6, 6.07) is 11.7. The van der Waals surface area contributed by atoms with Gasteiger partial charge in [0, 0.05) is 25.7 Å². The van der Waals surface area contributed by atoms with Crippen LogP contribution >= 0.6 is 0 Å². The van der Waals surface area contributed by atoms with Crippen molar-refractivity contribution in [1.29, 1.82) is 0 Å². The minimum Gasteiger partial charge on any atom is -0.508 e. The van der Waals surface area contributed by atoms with Gasteiger partial charge >= 0.3 is 0 Å². The van der Waals surface area contributed by atoms with Crippen LogP contribution in [0.25, 0.3) is 0 Å². The molecule has 2 N–H and O–H groups in total. The molecule has 0 bridgehead atoms. The summed E-state index contributed by atoms with van der Waals surface area (Å²) >= 11 is 0. The molecule has 0 radical (unpaired) electrons. The zero-order valence-corrected chi connectivity index (χ0v) is 23.2. The number of aryl methyl sites for hydroxylation is 2. The summed E-state index contributed by atoms with van der Waals surface area (Å²) in [5.41, 5.74) is 5.77. The van der Waals surface area contributed by atoms with E-state index < -0.39 is 0 Å². The Balaban J connectivity index is 0.000000155. The van der Waals surface area contributed by atoms with Gasteiger partial charge in [-0.2, -0.15) is 0 Å². The Labute approximate surface area is 227 Å². The van der Waals surface area contributed by atoms with Gasteiger partial charge in [0.1, 0.15) is 23.1 Å². The molecule has 0 spiro atoms. The summed E-state index contributed by atoms with van der Waals surface area (Å²) in [5, 5.41) is 19.4. The van der Waals surface area contributed by atoms with Crippen LogP contribution in [0.2, 0.25) is 0 Å². The summed E-state index contributed by atoms with van der Waals surface area (Å²) in [6.45, 7) is 4.51. The van der Waals surface area contributed by atoms with Crippen molar-refractivity contribution >= 4 is 11.6 Å². The van der Waals surface area contributed by atoms with Gasteiger partial charge in [-0.25, -0.2) is 0 Å². The van der Waals surface area contributed by atoms with Crippen LogP contribution in [0.1, 0.15) is 113 Å². The maximum atomic E-state index is 11.8. The van der Waals surface area contributed by atoms with Crippen LogP contribution in [-0.4, -0.2) is 21.8 Å². The molecule has 204 valence electrons. The first-order valence-electron chi connectivity index (χ1n) is 15.0. The fourth-order valence-electron chi connectivity index (χ4n) is 8.68. The third-order valence-corrected chi connectivity index (χ3v) is 10.7. The van der Waals surface area contributed by atoms with E-state index in [4.69, 9.17) is 0 Å². The molecule has 4 atom stereocenters. The van der Waals surface area contributed by atoms with Gasteiger partial charge in [0.25, 0.3) is 0 Å². The van der Waals surface area contributed by atoms with Gasteiger partial charge < -0.3 is 10.2 Å². The zero-order valence-electron chi connectivity index (χ0n) is 23.2. The predicted molar refractivity (Wildman–Crippen MR) is 151 cm³/mol. The van der Waals surface area contributed by atoms with Crippen LogP contribution in [0.5, 0.6) is 11.5 Å². The molecule has 2 aromatic rings. The Morgan fingerprint density at radius 3 is 1.50 bits per heavy atom. The highest BCUT2D eigenvalue weighted by atomic mass is 16.3. The molecule has 2 fully saturated rings. The molecule has 6 rings (SSSR count). The summed E-state index contributed by atoms with van der Waals surface area (Å²) in [5.74, 6) is 2.63. The second-order valence-electron chi connectivity index (χ2n) is 12.4. The first kappa shape index (κ1) is 27.0. The monoisotopic (exact) mass is 516 g/mol. The number of Topliss-reactive ketones (excluding diaryl/α,β-unsaturated/α-hetero) is 2. The number of rotatable bonds is 2. The third-order valence-electron chi connectivity index (χ3n) is 10.7. The number of benzene rings is 2. The molecule has 4 heteroatoms. The van der Waals surface area contributed by atoms with Crippen LogP contribution in [0, 0.1) is 11.8 Å². The molecule has 38 heavy (non-hydrogen) atoms. The third kappa shape index (κ3) is 4.80. The molecule has 2 aromatic carbocycles. The van der Waals surface area contributed by atoms with E-state index in [1.807, 2.05) is 24.3 Å². The molecular formula is C34H44O4. The van der Waals surface area contributed by atoms with Crippen molar-refractivity contribution in [1.82, 2.24) is 0 Å². The van der Waals surface area contributed by atoms with Crippen molar-refractivity contribution in [2.45, 2.75) is 115 Å². The topological polar surface area (TPSA) is 74.6 Å². The molecular weight excluding hydrogens is 472 g/mol. The van der Waals surface area contributed by atoms with Crippen LogP contribution in [0.3, 0.4) is 0 Å². The highest BCUT2D eigenvalue weighted by Gasteiger charge is 2.46. The Hall–Kier alpha value is -2.62. The van der Waals surface area contributed by atoms with E-state index in [2.05, 4.69) is 26.0 Å². The van der Waals surface area contributed by atoms with E-state index in [0.717, 1.165) is 89.9 Å². The van der Waals surface area contributed by atoms with E-state index >= 15 is 0 Å². The predicted octanol–water partition coefficient (Wildman–Crippen LogP) is 7.49. The standard InChI is InChI=1S/2C17H22O2/c2*1-2-17-9-8-15(19)11-13(17)5-3-4-12-10-14(18)6-7-16(12)17/h2*6-7,10,13,18H,2-5,8-9,11H2,1H3/t2*13-,17+/m10/s1. The average Bonchev–Trinajstić information content (AvgIpc) is 3.16. The van der Waals surface area contributed by atoms with Gasteiger partial charge in [-0.1, -0.05) is 26.0 Å². The highest BCUT2D eigenvalue weighted by Crippen LogP contribution is 2.52. The molecule has 0 unspecified atom stereocenters. The first-order valence-corrected chi connectivity index (χ1v) is 15.0. The minimum absolute atomic E-state index is 0.174.